The normalized spacial score (nSPS) is 23.4. The zero-order chi connectivity index (χ0) is 11.5. The number of ether oxygens (including phenoxy) is 1. The second kappa shape index (κ2) is 4.49. The molecule has 1 fully saturated rings. The number of nitrogens with zero attached hydrogens (tertiary/aromatic N) is 1. The van der Waals surface area contributed by atoms with Crippen molar-refractivity contribution in [3.63, 3.8) is 0 Å². The number of amides is 1. The first-order valence-electron chi connectivity index (χ1n) is 5.29. The second-order valence-electron chi connectivity index (χ2n) is 3.93. The van der Waals surface area contributed by atoms with E-state index in [1.54, 1.807) is 25.4 Å². The van der Waals surface area contributed by atoms with Crippen molar-refractivity contribution in [3.05, 3.63) is 24.0 Å². The van der Waals surface area contributed by atoms with E-state index in [4.69, 9.17) is 10.5 Å². The maximum absolute atomic E-state index is 11.3. The molecule has 5 nitrogen and oxygen atoms in total. The number of hydrogen-bond acceptors (Lipinski definition) is 4. The third kappa shape index (κ3) is 2.30. The van der Waals surface area contributed by atoms with E-state index in [1.807, 2.05) is 0 Å². The summed E-state index contributed by atoms with van der Waals surface area (Å²) in [5, 5.41) is 2.52. The number of nitrogens with two attached hydrogens (primary N) is 1. The van der Waals surface area contributed by atoms with Gasteiger partial charge in [-0.05, 0) is 18.9 Å². The Bertz CT molecular complexity index is 389. The average Bonchev–Trinajstić information content (AvgIpc) is 2.26. The fraction of sp³-hybridized carbons (Fsp3) is 0.455. The van der Waals surface area contributed by atoms with E-state index in [9.17, 15) is 4.79 Å². The van der Waals surface area contributed by atoms with Crippen LogP contribution in [-0.4, -0.2) is 30.1 Å². The van der Waals surface area contributed by atoms with Crippen LogP contribution < -0.4 is 15.8 Å². The summed E-state index contributed by atoms with van der Waals surface area (Å²) in [6, 6.07) is 3.64. The number of pyridine rings is 1. The first kappa shape index (κ1) is 10.9. The molecule has 1 amide bonds. The standard InChI is InChI=1S/C11H15N3O2/c1-13-11(15)10-6-8(2-3-14-10)16-9-4-7(12)5-9/h2-3,6-7,9H,4-5,12H2,1H3,(H,13,15). The molecule has 16 heavy (non-hydrogen) atoms. The molecule has 1 aromatic rings. The fourth-order valence-corrected chi connectivity index (χ4v) is 1.63. The van der Waals surface area contributed by atoms with Crippen molar-refractivity contribution in [2.75, 3.05) is 7.05 Å². The monoisotopic (exact) mass is 221 g/mol. The Morgan fingerprint density at radius 2 is 2.38 bits per heavy atom. The predicted octanol–water partition coefficient (Wildman–Crippen LogP) is 0.310. The molecule has 5 heteroatoms. The highest BCUT2D eigenvalue weighted by molar-refractivity contribution is 5.92. The van der Waals surface area contributed by atoms with E-state index in [1.165, 1.54) is 0 Å². The number of aromatic nitrogens is 1. The number of hydrogen-bond donors (Lipinski definition) is 2. The van der Waals surface area contributed by atoms with Crippen LogP contribution in [0.1, 0.15) is 23.3 Å². The predicted molar refractivity (Wildman–Crippen MR) is 59.3 cm³/mol. The molecule has 2 rings (SSSR count). The highest BCUT2D eigenvalue weighted by atomic mass is 16.5. The molecule has 0 spiro atoms. The van der Waals surface area contributed by atoms with Gasteiger partial charge in [-0.25, -0.2) is 0 Å². The average molecular weight is 221 g/mol. The van der Waals surface area contributed by atoms with Gasteiger partial charge in [0.25, 0.3) is 5.91 Å². The lowest BCUT2D eigenvalue weighted by Crippen LogP contribution is -2.43. The zero-order valence-corrected chi connectivity index (χ0v) is 9.14. The SMILES string of the molecule is CNC(=O)c1cc(OC2CC(N)C2)ccn1. The van der Waals surface area contributed by atoms with Gasteiger partial charge in [0.2, 0.25) is 0 Å². The van der Waals surface area contributed by atoms with E-state index in [0.717, 1.165) is 12.8 Å². The number of rotatable bonds is 3. The van der Waals surface area contributed by atoms with Crippen LogP contribution in [0, 0.1) is 0 Å². The van der Waals surface area contributed by atoms with Gasteiger partial charge in [-0.1, -0.05) is 0 Å². The Balaban J connectivity index is 2.02. The Morgan fingerprint density at radius 1 is 1.62 bits per heavy atom. The van der Waals surface area contributed by atoms with Gasteiger partial charge in [0.1, 0.15) is 17.5 Å². The first-order valence-corrected chi connectivity index (χ1v) is 5.29. The lowest BCUT2D eigenvalue weighted by molar-refractivity contribution is 0.0943. The van der Waals surface area contributed by atoms with Gasteiger partial charge in [-0.2, -0.15) is 0 Å². The molecule has 0 radical (unpaired) electrons. The molecule has 1 aromatic heterocycles. The van der Waals surface area contributed by atoms with Crippen molar-refractivity contribution in [1.29, 1.82) is 0 Å². The van der Waals surface area contributed by atoms with Crippen LogP contribution in [0.15, 0.2) is 18.3 Å². The maximum atomic E-state index is 11.3. The number of nitrogens with one attached hydrogen (secondary N) is 1. The van der Waals surface area contributed by atoms with Gasteiger partial charge >= 0.3 is 0 Å². The van der Waals surface area contributed by atoms with Crippen LogP contribution in [0.5, 0.6) is 5.75 Å². The molecular formula is C11H15N3O2. The minimum atomic E-state index is -0.212. The van der Waals surface area contributed by atoms with Crippen molar-refractivity contribution in [1.82, 2.24) is 10.3 Å². The number of carbonyl (C=O) groups excluding carboxylic acids is 1. The molecule has 0 atom stereocenters. The smallest absolute Gasteiger partial charge is 0.269 e. The Kier molecular flexibility index (Phi) is 3.05. The van der Waals surface area contributed by atoms with Crippen LogP contribution in [0.4, 0.5) is 0 Å². The highest BCUT2D eigenvalue weighted by Crippen LogP contribution is 2.24. The lowest BCUT2D eigenvalue weighted by atomic mass is 9.90. The van der Waals surface area contributed by atoms with Crippen LogP contribution in [0.3, 0.4) is 0 Å². The molecule has 1 saturated carbocycles. The molecule has 3 N–H and O–H groups in total. The van der Waals surface area contributed by atoms with Gasteiger partial charge in [0.05, 0.1) is 0 Å². The first-order chi connectivity index (χ1) is 7.69. The Morgan fingerprint density at radius 3 is 3.00 bits per heavy atom. The van der Waals surface area contributed by atoms with Gasteiger partial charge < -0.3 is 15.8 Å². The summed E-state index contributed by atoms with van der Waals surface area (Å²) in [6.07, 6.45) is 3.49. The molecule has 0 aliphatic heterocycles. The van der Waals surface area contributed by atoms with Gasteiger partial charge in [-0.3, -0.25) is 9.78 Å². The second-order valence-corrected chi connectivity index (χ2v) is 3.93. The molecule has 0 saturated heterocycles. The highest BCUT2D eigenvalue weighted by Gasteiger charge is 2.27. The summed E-state index contributed by atoms with van der Waals surface area (Å²) >= 11 is 0. The molecule has 86 valence electrons. The molecule has 0 aromatic carbocycles. The lowest BCUT2D eigenvalue weighted by Gasteiger charge is -2.32. The summed E-state index contributed by atoms with van der Waals surface area (Å²) < 4.78 is 5.66. The minimum absolute atomic E-state index is 0.176. The van der Waals surface area contributed by atoms with Crippen molar-refractivity contribution in [2.24, 2.45) is 5.73 Å². The van der Waals surface area contributed by atoms with Gasteiger partial charge in [0, 0.05) is 25.4 Å². The van der Waals surface area contributed by atoms with Crippen LogP contribution in [0.2, 0.25) is 0 Å². The van der Waals surface area contributed by atoms with Gasteiger partial charge in [0.15, 0.2) is 0 Å². The summed E-state index contributed by atoms with van der Waals surface area (Å²) in [5.41, 5.74) is 6.03. The van der Waals surface area contributed by atoms with Crippen molar-refractivity contribution < 1.29 is 9.53 Å². The molecule has 1 aliphatic rings. The molecule has 1 aliphatic carbocycles. The quantitative estimate of drug-likeness (QED) is 0.770. The summed E-state index contributed by atoms with van der Waals surface area (Å²) in [4.78, 5) is 15.3. The van der Waals surface area contributed by atoms with E-state index in [2.05, 4.69) is 10.3 Å². The fourth-order valence-electron chi connectivity index (χ4n) is 1.63. The van der Waals surface area contributed by atoms with E-state index < -0.39 is 0 Å². The molecule has 0 bridgehead atoms. The third-order valence-corrected chi connectivity index (χ3v) is 2.63. The van der Waals surface area contributed by atoms with Crippen LogP contribution >= 0.6 is 0 Å². The summed E-state index contributed by atoms with van der Waals surface area (Å²) in [7, 11) is 1.57. The van der Waals surface area contributed by atoms with E-state index >= 15 is 0 Å². The van der Waals surface area contributed by atoms with E-state index in [-0.39, 0.29) is 18.1 Å². The van der Waals surface area contributed by atoms with Crippen molar-refractivity contribution in [3.8, 4) is 5.75 Å². The zero-order valence-electron chi connectivity index (χ0n) is 9.14. The largest absolute Gasteiger partial charge is 0.490 e. The molecule has 0 unspecified atom stereocenters. The molecular weight excluding hydrogens is 206 g/mol. The van der Waals surface area contributed by atoms with Crippen LogP contribution in [-0.2, 0) is 0 Å². The third-order valence-electron chi connectivity index (χ3n) is 2.63. The number of carbonyl (C=O) groups is 1. The van der Waals surface area contributed by atoms with E-state index in [0.29, 0.717) is 11.4 Å². The summed E-state index contributed by atoms with van der Waals surface area (Å²) in [6.45, 7) is 0. The Labute approximate surface area is 94.0 Å². The maximum Gasteiger partial charge on any atom is 0.269 e. The topological polar surface area (TPSA) is 77.2 Å². The van der Waals surface area contributed by atoms with Crippen molar-refractivity contribution in [2.45, 2.75) is 25.0 Å². The molecule has 1 heterocycles. The van der Waals surface area contributed by atoms with Gasteiger partial charge in [-0.15, -0.1) is 0 Å². The van der Waals surface area contributed by atoms with Crippen LogP contribution in [0.25, 0.3) is 0 Å². The van der Waals surface area contributed by atoms with Crippen molar-refractivity contribution >= 4 is 5.91 Å². The Hall–Kier alpha value is -1.62. The summed E-state index contributed by atoms with van der Waals surface area (Å²) in [5.74, 6) is 0.460. The minimum Gasteiger partial charge on any atom is -0.490 e.